The van der Waals surface area contributed by atoms with Crippen molar-refractivity contribution < 1.29 is 8.91 Å². The van der Waals surface area contributed by atoms with Gasteiger partial charge in [-0.05, 0) is 37.3 Å². The van der Waals surface area contributed by atoms with Crippen LogP contribution < -0.4 is 5.69 Å². The van der Waals surface area contributed by atoms with Gasteiger partial charge in [0.15, 0.2) is 5.82 Å². The van der Waals surface area contributed by atoms with E-state index >= 15 is 0 Å². The quantitative estimate of drug-likeness (QED) is 0.621. The van der Waals surface area contributed by atoms with Crippen molar-refractivity contribution in [1.29, 1.82) is 0 Å². The van der Waals surface area contributed by atoms with Gasteiger partial charge in [-0.1, -0.05) is 5.16 Å². The predicted octanol–water partition coefficient (Wildman–Crippen LogP) is 2.73. The van der Waals surface area contributed by atoms with Crippen molar-refractivity contribution in [2.45, 2.75) is 6.92 Å². The highest BCUT2D eigenvalue weighted by molar-refractivity contribution is 5.61. The predicted molar refractivity (Wildman–Crippen MR) is 87.6 cm³/mol. The maximum absolute atomic E-state index is 13.7. The van der Waals surface area contributed by atoms with Crippen LogP contribution >= 0.6 is 0 Å². The highest BCUT2D eigenvalue weighted by Crippen LogP contribution is 2.24. The van der Waals surface area contributed by atoms with Crippen LogP contribution in [0.2, 0.25) is 0 Å². The van der Waals surface area contributed by atoms with Gasteiger partial charge in [-0.3, -0.25) is 9.55 Å². The lowest BCUT2D eigenvalue weighted by molar-refractivity contribution is 0.429. The lowest BCUT2D eigenvalue weighted by Crippen LogP contribution is -2.15. The summed E-state index contributed by atoms with van der Waals surface area (Å²) in [7, 11) is 0. The maximum atomic E-state index is 13.7. The number of H-pyrrole nitrogens is 1. The Morgan fingerprint density at radius 2 is 2.00 bits per heavy atom. The van der Waals surface area contributed by atoms with E-state index in [1.54, 1.807) is 35.0 Å². The molecule has 0 atom stereocenters. The number of nitrogens with one attached hydrogen (secondary N) is 1. The fraction of sp³-hybridized carbons (Fsp3) is 0.0588. The van der Waals surface area contributed by atoms with E-state index in [0.717, 1.165) is 17.6 Å². The highest BCUT2D eigenvalue weighted by Gasteiger charge is 2.14. The Bertz CT molecular complexity index is 1090. The molecule has 0 bridgehead atoms. The van der Waals surface area contributed by atoms with E-state index in [-0.39, 0.29) is 17.1 Å². The molecule has 0 unspecified atom stereocenters. The van der Waals surface area contributed by atoms with Gasteiger partial charge in [0, 0.05) is 23.7 Å². The average molecular weight is 337 g/mol. The Balaban J connectivity index is 1.68. The zero-order chi connectivity index (χ0) is 17.4. The Labute approximate surface area is 140 Å². The molecule has 7 nitrogen and oxygen atoms in total. The first-order valence-corrected chi connectivity index (χ1v) is 7.45. The van der Waals surface area contributed by atoms with Crippen molar-refractivity contribution in [3.8, 4) is 28.5 Å². The van der Waals surface area contributed by atoms with Crippen molar-refractivity contribution in [2.24, 2.45) is 0 Å². The molecule has 0 aliphatic rings. The molecule has 4 aromatic rings. The molecule has 0 fully saturated rings. The van der Waals surface area contributed by atoms with Crippen LogP contribution in [0.4, 0.5) is 4.39 Å². The van der Waals surface area contributed by atoms with Gasteiger partial charge in [-0.2, -0.15) is 4.98 Å². The first-order valence-electron chi connectivity index (χ1n) is 7.45. The van der Waals surface area contributed by atoms with E-state index in [2.05, 4.69) is 20.1 Å². The van der Waals surface area contributed by atoms with Crippen molar-refractivity contribution in [3.05, 3.63) is 70.9 Å². The first kappa shape index (κ1) is 15.0. The molecule has 4 rings (SSSR count). The third-order valence-electron chi connectivity index (χ3n) is 3.77. The van der Waals surface area contributed by atoms with E-state index in [1.165, 1.54) is 12.3 Å². The normalized spacial score (nSPS) is 11.0. The van der Waals surface area contributed by atoms with Crippen LogP contribution in [0.3, 0.4) is 0 Å². The van der Waals surface area contributed by atoms with Gasteiger partial charge in [0.05, 0.1) is 17.4 Å². The minimum absolute atomic E-state index is 0.0803. The van der Waals surface area contributed by atoms with Gasteiger partial charge >= 0.3 is 5.69 Å². The zero-order valence-corrected chi connectivity index (χ0v) is 13.1. The molecule has 3 heterocycles. The minimum Gasteiger partial charge on any atom is -0.334 e. The Hall–Kier alpha value is -3.55. The summed E-state index contributed by atoms with van der Waals surface area (Å²) in [6.07, 6.45) is 4.18. The number of pyridine rings is 1. The molecular formula is C17H12FN5O2. The van der Waals surface area contributed by atoms with Gasteiger partial charge in [0.2, 0.25) is 5.82 Å². The summed E-state index contributed by atoms with van der Waals surface area (Å²) in [5, 5.41) is 3.88. The fourth-order valence-electron chi connectivity index (χ4n) is 2.53. The van der Waals surface area contributed by atoms with Gasteiger partial charge in [0.25, 0.3) is 5.89 Å². The molecule has 0 spiro atoms. The molecule has 1 aromatic carbocycles. The van der Waals surface area contributed by atoms with E-state index in [0.29, 0.717) is 11.4 Å². The van der Waals surface area contributed by atoms with Crippen molar-refractivity contribution in [3.63, 3.8) is 0 Å². The number of aromatic amines is 1. The van der Waals surface area contributed by atoms with Crippen molar-refractivity contribution in [1.82, 2.24) is 24.7 Å². The number of hydrogen-bond donors (Lipinski definition) is 1. The smallest absolute Gasteiger partial charge is 0.330 e. The van der Waals surface area contributed by atoms with Crippen LogP contribution in [0.25, 0.3) is 28.5 Å². The SMILES string of the molecule is Cc1c[nH]c(=O)n1-c1ccc(-c2noc(-c3ccncc3F)n2)cc1. The molecule has 0 aliphatic carbocycles. The van der Waals surface area contributed by atoms with Crippen LogP contribution in [-0.2, 0) is 0 Å². The second-order valence-electron chi connectivity index (χ2n) is 5.40. The third-order valence-corrected chi connectivity index (χ3v) is 3.77. The summed E-state index contributed by atoms with van der Waals surface area (Å²) in [6.45, 7) is 1.83. The van der Waals surface area contributed by atoms with Crippen LogP contribution in [-0.4, -0.2) is 24.7 Å². The van der Waals surface area contributed by atoms with Crippen LogP contribution in [0.15, 0.2) is 58.2 Å². The molecule has 8 heteroatoms. The molecule has 0 radical (unpaired) electrons. The van der Waals surface area contributed by atoms with Gasteiger partial charge < -0.3 is 9.51 Å². The second kappa shape index (κ2) is 5.82. The molecule has 0 saturated carbocycles. The molecule has 25 heavy (non-hydrogen) atoms. The van der Waals surface area contributed by atoms with E-state index in [9.17, 15) is 9.18 Å². The molecule has 0 amide bonds. The molecule has 0 saturated heterocycles. The van der Waals surface area contributed by atoms with Gasteiger partial charge in [0.1, 0.15) is 0 Å². The van der Waals surface area contributed by atoms with Crippen molar-refractivity contribution in [2.75, 3.05) is 0 Å². The number of benzene rings is 1. The second-order valence-corrected chi connectivity index (χ2v) is 5.40. The highest BCUT2D eigenvalue weighted by atomic mass is 19.1. The molecule has 124 valence electrons. The lowest BCUT2D eigenvalue weighted by Gasteiger charge is -2.04. The summed E-state index contributed by atoms with van der Waals surface area (Å²) >= 11 is 0. The number of aryl methyl sites for hydroxylation is 1. The van der Waals surface area contributed by atoms with Crippen LogP contribution in [0, 0.1) is 12.7 Å². The molecule has 0 aliphatic heterocycles. The van der Waals surface area contributed by atoms with Gasteiger partial charge in [-0.15, -0.1) is 0 Å². The van der Waals surface area contributed by atoms with Gasteiger partial charge in [-0.25, -0.2) is 9.18 Å². The standard InChI is InChI=1S/C17H12FN5O2/c1-10-8-20-17(24)23(10)12-4-2-11(3-5-12)15-21-16(25-22-15)13-6-7-19-9-14(13)18/h2-9H,1H3,(H,20,24). The zero-order valence-electron chi connectivity index (χ0n) is 13.1. The number of hydrogen-bond acceptors (Lipinski definition) is 5. The number of aromatic nitrogens is 5. The topological polar surface area (TPSA) is 89.6 Å². The van der Waals surface area contributed by atoms with Crippen LogP contribution in [0.1, 0.15) is 5.69 Å². The van der Waals surface area contributed by atoms with E-state index < -0.39 is 5.82 Å². The number of nitrogens with zero attached hydrogens (tertiary/aromatic N) is 4. The van der Waals surface area contributed by atoms with E-state index in [4.69, 9.17) is 4.52 Å². The number of halogens is 1. The van der Waals surface area contributed by atoms with E-state index in [1.807, 2.05) is 6.92 Å². The summed E-state index contributed by atoms with van der Waals surface area (Å²) in [4.78, 5) is 22.4. The minimum atomic E-state index is -0.532. The largest absolute Gasteiger partial charge is 0.334 e. The summed E-state index contributed by atoms with van der Waals surface area (Å²) in [6, 6.07) is 8.57. The summed E-state index contributed by atoms with van der Waals surface area (Å²) < 4.78 is 20.4. The first-order chi connectivity index (χ1) is 12.1. The summed E-state index contributed by atoms with van der Waals surface area (Å²) in [5.74, 6) is -0.122. The average Bonchev–Trinajstić information content (AvgIpc) is 3.23. The van der Waals surface area contributed by atoms with Crippen molar-refractivity contribution >= 4 is 0 Å². The monoisotopic (exact) mass is 337 g/mol. The maximum Gasteiger partial charge on any atom is 0.330 e. The molecular weight excluding hydrogens is 325 g/mol. The van der Waals surface area contributed by atoms with Crippen LogP contribution in [0.5, 0.6) is 0 Å². The molecule has 3 aromatic heterocycles. The Morgan fingerprint density at radius 1 is 1.20 bits per heavy atom. The number of imidazole rings is 1. The number of rotatable bonds is 3. The summed E-state index contributed by atoms with van der Waals surface area (Å²) in [5.41, 5.74) is 2.19. The lowest BCUT2D eigenvalue weighted by atomic mass is 10.2. The fourth-order valence-corrected chi connectivity index (χ4v) is 2.53. The molecule has 1 N–H and O–H groups in total. The third kappa shape index (κ3) is 2.63. The Kier molecular flexibility index (Phi) is 3.50. The Morgan fingerprint density at radius 3 is 2.68 bits per heavy atom.